The van der Waals surface area contributed by atoms with Crippen LogP contribution in [0.4, 0.5) is 0 Å². The van der Waals surface area contributed by atoms with Crippen LogP contribution in [0.3, 0.4) is 0 Å². The summed E-state index contributed by atoms with van der Waals surface area (Å²) in [6.45, 7) is 6.14. The van der Waals surface area contributed by atoms with Crippen molar-refractivity contribution in [2.24, 2.45) is 0 Å². The van der Waals surface area contributed by atoms with E-state index < -0.39 is 10.8 Å². The molecule has 1 aromatic rings. The SMILES string of the molecule is CS(=O)c1cc(C(=O)CNC(C)(C)C)ccc1O. The molecule has 5 heteroatoms. The van der Waals surface area contributed by atoms with Crippen LogP contribution in [0.2, 0.25) is 0 Å². The maximum atomic E-state index is 11.9. The molecule has 0 aliphatic rings. The third-order valence-electron chi connectivity index (χ3n) is 2.37. The molecule has 1 aromatic carbocycles. The Morgan fingerprint density at radius 1 is 1.39 bits per heavy atom. The minimum atomic E-state index is -1.31. The van der Waals surface area contributed by atoms with Crippen molar-refractivity contribution in [3.63, 3.8) is 0 Å². The summed E-state index contributed by atoms with van der Waals surface area (Å²) in [4.78, 5) is 12.2. The number of Topliss-reactive ketones (excluding diaryl/α,β-unsaturated/α-hetero) is 1. The van der Waals surface area contributed by atoms with Crippen LogP contribution < -0.4 is 5.32 Å². The molecule has 0 amide bonds. The molecule has 0 heterocycles. The zero-order valence-electron chi connectivity index (χ0n) is 11.1. The molecule has 1 rings (SSSR count). The monoisotopic (exact) mass is 269 g/mol. The largest absolute Gasteiger partial charge is 0.507 e. The van der Waals surface area contributed by atoms with Gasteiger partial charge in [-0.25, -0.2) is 0 Å². The lowest BCUT2D eigenvalue weighted by molar-refractivity contribution is 0.0982. The predicted octanol–water partition coefficient (Wildman–Crippen LogP) is 1.70. The highest BCUT2D eigenvalue weighted by Crippen LogP contribution is 2.21. The number of benzene rings is 1. The molecule has 2 N–H and O–H groups in total. The van der Waals surface area contributed by atoms with Gasteiger partial charge in [-0.1, -0.05) is 0 Å². The molecule has 4 nitrogen and oxygen atoms in total. The lowest BCUT2D eigenvalue weighted by Crippen LogP contribution is -2.39. The molecule has 0 aliphatic carbocycles. The third-order valence-corrected chi connectivity index (χ3v) is 3.32. The van der Waals surface area contributed by atoms with Crippen LogP contribution in [0.1, 0.15) is 31.1 Å². The summed E-state index contributed by atoms with van der Waals surface area (Å²) in [6.07, 6.45) is 1.47. The first-order valence-electron chi connectivity index (χ1n) is 5.65. The second-order valence-corrected chi connectivity index (χ2v) is 6.51. The van der Waals surface area contributed by atoms with Gasteiger partial charge in [-0.05, 0) is 39.0 Å². The predicted molar refractivity (Wildman–Crippen MR) is 72.5 cm³/mol. The number of hydrogen-bond donors (Lipinski definition) is 2. The van der Waals surface area contributed by atoms with Crippen LogP contribution in [0, 0.1) is 0 Å². The standard InChI is InChI=1S/C13H19NO3S/c1-13(2,3)14-8-11(16)9-5-6-10(15)12(7-9)18(4)17/h5-7,14-15H,8H2,1-4H3. The van der Waals surface area contributed by atoms with Crippen molar-refractivity contribution in [2.75, 3.05) is 12.8 Å². The second kappa shape index (κ2) is 5.63. The van der Waals surface area contributed by atoms with Crippen molar-refractivity contribution >= 4 is 16.6 Å². The first kappa shape index (κ1) is 14.9. The van der Waals surface area contributed by atoms with Crippen LogP contribution in [-0.2, 0) is 10.8 Å². The molecule has 100 valence electrons. The van der Waals surface area contributed by atoms with E-state index in [4.69, 9.17) is 0 Å². The molecule has 0 aliphatic heterocycles. The van der Waals surface area contributed by atoms with Crippen molar-refractivity contribution in [3.8, 4) is 5.75 Å². The van der Waals surface area contributed by atoms with Crippen LogP contribution in [0.5, 0.6) is 5.75 Å². The molecule has 0 spiro atoms. The van der Waals surface area contributed by atoms with E-state index in [0.29, 0.717) is 5.56 Å². The number of carbonyl (C=O) groups is 1. The van der Waals surface area contributed by atoms with E-state index in [9.17, 15) is 14.1 Å². The summed E-state index contributed by atoms with van der Waals surface area (Å²) in [5.41, 5.74) is 0.318. The van der Waals surface area contributed by atoms with E-state index in [1.54, 1.807) is 6.07 Å². The molecule has 0 saturated heterocycles. The van der Waals surface area contributed by atoms with Crippen LogP contribution >= 0.6 is 0 Å². The molecule has 0 bridgehead atoms. The Bertz CT molecular complexity index is 478. The average molecular weight is 269 g/mol. The summed E-state index contributed by atoms with van der Waals surface area (Å²) in [7, 11) is -1.31. The van der Waals surface area contributed by atoms with Crippen LogP contribution in [-0.4, -0.2) is 33.4 Å². The molecule has 18 heavy (non-hydrogen) atoms. The number of aromatic hydroxyl groups is 1. The van der Waals surface area contributed by atoms with Gasteiger partial charge in [0.2, 0.25) is 0 Å². The summed E-state index contributed by atoms with van der Waals surface area (Å²) >= 11 is 0. The van der Waals surface area contributed by atoms with E-state index in [1.807, 2.05) is 20.8 Å². The Balaban J connectivity index is 2.87. The molecular weight excluding hydrogens is 250 g/mol. The van der Waals surface area contributed by atoms with Gasteiger partial charge in [0.25, 0.3) is 0 Å². The molecule has 0 saturated carbocycles. The Labute approximate surface area is 110 Å². The summed E-state index contributed by atoms with van der Waals surface area (Å²) in [5, 5.41) is 12.6. The zero-order valence-corrected chi connectivity index (χ0v) is 11.9. The van der Waals surface area contributed by atoms with Crippen molar-refractivity contribution in [1.29, 1.82) is 0 Å². The third kappa shape index (κ3) is 4.23. The number of carbonyl (C=O) groups excluding carboxylic acids is 1. The normalized spacial score (nSPS) is 13.3. The van der Waals surface area contributed by atoms with E-state index in [2.05, 4.69) is 5.32 Å². The Morgan fingerprint density at radius 2 is 2.00 bits per heavy atom. The Hall–Kier alpha value is -1.20. The van der Waals surface area contributed by atoms with Crippen molar-refractivity contribution in [1.82, 2.24) is 5.32 Å². The van der Waals surface area contributed by atoms with Crippen LogP contribution in [0.15, 0.2) is 23.1 Å². The molecule has 0 radical (unpaired) electrons. The van der Waals surface area contributed by atoms with Gasteiger partial charge in [0, 0.05) is 17.4 Å². The zero-order chi connectivity index (χ0) is 13.9. The van der Waals surface area contributed by atoms with E-state index in [0.717, 1.165) is 0 Å². The fraction of sp³-hybridized carbons (Fsp3) is 0.462. The first-order chi connectivity index (χ1) is 8.20. The quantitative estimate of drug-likeness (QED) is 0.817. The number of nitrogens with one attached hydrogen (secondary N) is 1. The number of rotatable bonds is 4. The smallest absolute Gasteiger partial charge is 0.176 e. The molecule has 0 fully saturated rings. The minimum absolute atomic E-state index is 0.0452. The Morgan fingerprint density at radius 3 is 2.50 bits per heavy atom. The van der Waals surface area contributed by atoms with Gasteiger partial charge in [-0.3, -0.25) is 9.00 Å². The average Bonchev–Trinajstić information content (AvgIpc) is 2.25. The summed E-state index contributed by atoms with van der Waals surface area (Å²) in [6, 6.07) is 4.43. The van der Waals surface area contributed by atoms with E-state index >= 15 is 0 Å². The highest BCUT2D eigenvalue weighted by molar-refractivity contribution is 7.84. The number of hydrogen-bond acceptors (Lipinski definition) is 4. The van der Waals surface area contributed by atoms with Crippen LogP contribution in [0.25, 0.3) is 0 Å². The molecular formula is C13H19NO3S. The fourth-order valence-electron chi connectivity index (χ4n) is 1.37. The highest BCUT2D eigenvalue weighted by atomic mass is 32.2. The summed E-state index contributed by atoms with van der Waals surface area (Å²) < 4.78 is 11.4. The van der Waals surface area contributed by atoms with Crippen molar-refractivity contribution in [3.05, 3.63) is 23.8 Å². The Kier molecular flexibility index (Phi) is 4.65. The molecule has 0 aromatic heterocycles. The maximum Gasteiger partial charge on any atom is 0.176 e. The summed E-state index contributed by atoms with van der Waals surface area (Å²) in [5.74, 6) is -0.132. The van der Waals surface area contributed by atoms with Gasteiger partial charge >= 0.3 is 0 Å². The highest BCUT2D eigenvalue weighted by Gasteiger charge is 2.14. The van der Waals surface area contributed by atoms with Crippen molar-refractivity contribution < 1.29 is 14.1 Å². The number of phenolic OH excluding ortho intramolecular Hbond substituents is 1. The van der Waals surface area contributed by atoms with Gasteiger partial charge in [0.15, 0.2) is 5.78 Å². The van der Waals surface area contributed by atoms with E-state index in [1.165, 1.54) is 18.4 Å². The van der Waals surface area contributed by atoms with Crippen molar-refractivity contribution in [2.45, 2.75) is 31.2 Å². The van der Waals surface area contributed by atoms with Gasteiger partial charge in [-0.2, -0.15) is 0 Å². The number of phenols is 1. The lowest BCUT2D eigenvalue weighted by atomic mass is 10.1. The van der Waals surface area contributed by atoms with E-state index in [-0.39, 0.29) is 28.5 Å². The van der Waals surface area contributed by atoms with Gasteiger partial charge in [-0.15, -0.1) is 0 Å². The lowest BCUT2D eigenvalue weighted by Gasteiger charge is -2.19. The van der Waals surface area contributed by atoms with Gasteiger partial charge < -0.3 is 10.4 Å². The molecule has 1 atom stereocenters. The van der Waals surface area contributed by atoms with Gasteiger partial charge in [0.05, 0.1) is 22.2 Å². The fourth-order valence-corrected chi connectivity index (χ4v) is 2.02. The molecule has 1 unspecified atom stereocenters. The first-order valence-corrected chi connectivity index (χ1v) is 7.21. The topological polar surface area (TPSA) is 66.4 Å². The van der Waals surface area contributed by atoms with Gasteiger partial charge in [0.1, 0.15) is 5.75 Å². The second-order valence-electron chi connectivity index (χ2n) is 5.16. The maximum absolute atomic E-state index is 11.9. The minimum Gasteiger partial charge on any atom is -0.507 e. The number of ketones is 1.